The second-order valence-electron chi connectivity index (χ2n) is 6.96. The lowest BCUT2D eigenvalue weighted by atomic mass is 10.2. The fourth-order valence-corrected chi connectivity index (χ4v) is 2.62. The van der Waals surface area contributed by atoms with Crippen LogP contribution in [0.15, 0.2) is 6.07 Å². The molecule has 0 spiro atoms. The van der Waals surface area contributed by atoms with Crippen molar-refractivity contribution >= 4 is 11.9 Å². The number of ether oxygens (including phenoxy) is 2. The van der Waals surface area contributed by atoms with E-state index in [2.05, 4.69) is 4.98 Å². The van der Waals surface area contributed by atoms with E-state index in [4.69, 9.17) is 9.47 Å². The molecule has 1 fully saturated rings. The van der Waals surface area contributed by atoms with E-state index in [0.29, 0.717) is 13.0 Å². The molecule has 1 aromatic heterocycles. The Morgan fingerprint density at radius 3 is 2.76 bits per heavy atom. The number of halogens is 1. The van der Waals surface area contributed by atoms with Gasteiger partial charge < -0.3 is 24.5 Å². The van der Waals surface area contributed by atoms with Gasteiger partial charge in [-0.25, -0.2) is 4.79 Å². The van der Waals surface area contributed by atoms with Crippen LogP contribution in [0.2, 0.25) is 0 Å². The Labute approximate surface area is 145 Å². The fourth-order valence-electron chi connectivity index (χ4n) is 2.62. The average molecular weight is 355 g/mol. The Hall–Kier alpha value is -2.45. The lowest BCUT2D eigenvalue weighted by Gasteiger charge is -2.28. The summed E-state index contributed by atoms with van der Waals surface area (Å²) >= 11 is 0. The van der Waals surface area contributed by atoms with Gasteiger partial charge in [-0.05, 0) is 50.4 Å². The van der Waals surface area contributed by atoms with Crippen LogP contribution in [0.25, 0.3) is 0 Å². The number of carbonyl (C=O) groups excluding carboxylic acids is 1. The molecule has 1 amide bonds. The maximum Gasteiger partial charge on any atom is 0.410 e. The first kappa shape index (κ1) is 18.9. The van der Waals surface area contributed by atoms with Gasteiger partial charge in [-0.2, -0.15) is 4.39 Å². The summed E-state index contributed by atoms with van der Waals surface area (Å²) in [5.74, 6) is -1.74. The van der Waals surface area contributed by atoms with Crippen LogP contribution >= 0.6 is 0 Å². The van der Waals surface area contributed by atoms with E-state index in [1.54, 1.807) is 25.7 Å². The minimum Gasteiger partial charge on any atom is -0.484 e. The summed E-state index contributed by atoms with van der Waals surface area (Å²) in [6, 6.07) is 0.905. The molecule has 8 nitrogen and oxygen atoms in total. The van der Waals surface area contributed by atoms with Crippen LogP contribution in [-0.2, 0) is 4.74 Å². The normalized spacial score (nSPS) is 17.5. The van der Waals surface area contributed by atoms with Crippen molar-refractivity contribution in [1.82, 2.24) is 9.88 Å². The summed E-state index contributed by atoms with van der Waals surface area (Å²) in [4.78, 5) is 27.0. The summed E-state index contributed by atoms with van der Waals surface area (Å²) in [6.07, 6.45) is 1.07. The predicted molar refractivity (Wildman–Crippen MR) is 87.0 cm³/mol. The molecule has 1 aliphatic rings. The van der Waals surface area contributed by atoms with Gasteiger partial charge >= 0.3 is 17.9 Å². The molecule has 0 aromatic carbocycles. The average Bonchev–Trinajstić information content (AvgIpc) is 2.92. The Morgan fingerprint density at radius 1 is 1.52 bits per heavy atom. The lowest BCUT2D eigenvalue weighted by molar-refractivity contribution is -0.390. The molecule has 25 heavy (non-hydrogen) atoms. The maximum absolute atomic E-state index is 14.0. The minimum atomic E-state index is -1.03. The summed E-state index contributed by atoms with van der Waals surface area (Å²) in [6.45, 7) is 7.47. The van der Waals surface area contributed by atoms with Crippen LogP contribution in [0, 0.1) is 23.0 Å². The number of nitro groups is 1. The van der Waals surface area contributed by atoms with Gasteiger partial charge in [0.25, 0.3) is 0 Å². The Balaban J connectivity index is 2.05. The monoisotopic (exact) mass is 355 g/mol. The van der Waals surface area contributed by atoms with Crippen molar-refractivity contribution in [2.24, 2.45) is 0 Å². The molecule has 2 rings (SSSR count). The highest BCUT2D eigenvalue weighted by molar-refractivity contribution is 5.69. The van der Waals surface area contributed by atoms with Gasteiger partial charge in [0.2, 0.25) is 5.75 Å². The summed E-state index contributed by atoms with van der Waals surface area (Å²) in [7, 11) is 0. The standard InChI is InChI=1S/C16H22FN3O5/c1-10-8-12(20(22)23)18-14(17)13(10)24-9-11-6-5-7-19(11)15(21)25-16(2,3)4/h8,11H,5-7,9H2,1-4H3/t11-/m0/s1. The van der Waals surface area contributed by atoms with E-state index in [0.717, 1.165) is 12.5 Å². The van der Waals surface area contributed by atoms with Crippen molar-refractivity contribution in [2.45, 2.75) is 52.2 Å². The minimum absolute atomic E-state index is 0.0660. The topological polar surface area (TPSA) is 94.8 Å². The first-order chi connectivity index (χ1) is 11.6. The van der Waals surface area contributed by atoms with E-state index in [9.17, 15) is 19.3 Å². The van der Waals surface area contributed by atoms with E-state index < -0.39 is 28.4 Å². The quantitative estimate of drug-likeness (QED) is 0.467. The number of rotatable bonds is 4. The SMILES string of the molecule is Cc1cc([N+](=O)[O-])nc(F)c1OC[C@@H]1CCCN1C(=O)OC(C)(C)C. The van der Waals surface area contributed by atoms with Gasteiger partial charge in [0.1, 0.15) is 12.2 Å². The molecule has 0 unspecified atom stereocenters. The molecule has 1 saturated heterocycles. The van der Waals surface area contributed by atoms with Gasteiger partial charge in [0.15, 0.2) is 0 Å². The van der Waals surface area contributed by atoms with Crippen molar-refractivity contribution in [3.63, 3.8) is 0 Å². The number of amides is 1. The van der Waals surface area contributed by atoms with Crippen molar-refractivity contribution < 1.29 is 23.6 Å². The zero-order valence-electron chi connectivity index (χ0n) is 14.7. The smallest absolute Gasteiger partial charge is 0.410 e. The molecule has 0 radical (unpaired) electrons. The van der Waals surface area contributed by atoms with Crippen LogP contribution in [0.5, 0.6) is 5.75 Å². The zero-order chi connectivity index (χ0) is 18.8. The van der Waals surface area contributed by atoms with Gasteiger partial charge in [-0.3, -0.25) is 0 Å². The third-order valence-corrected chi connectivity index (χ3v) is 3.72. The highest BCUT2D eigenvalue weighted by atomic mass is 19.1. The second kappa shape index (κ2) is 7.20. The maximum atomic E-state index is 14.0. The first-order valence-corrected chi connectivity index (χ1v) is 8.02. The molecule has 0 saturated carbocycles. The zero-order valence-corrected chi connectivity index (χ0v) is 14.7. The second-order valence-corrected chi connectivity index (χ2v) is 6.96. The predicted octanol–water partition coefficient (Wildman–Crippen LogP) is 3.22. The Kier molecular flexibility index (Phi) is 5.44. The third-order valence-electron chi connectivity index (χ3n) is 3.72. The van der Waals surface area contributed by atoms with Gasteiger partial charge in [0.05, 0.1) is 6.04 Å². The lowest BCUT2D eigenvalue weighted by Crippen LogP contribution is -2.42. The number of hydrogen-bond donors (Lipinski definition) is 0. The molecular weight excluding hydrogens is 333 g/mol. The number of likely N-dealkylation sites (tertiary alicyclic amines) is 1. The number of aromatic nitrogens is 1. The first-order valence-electron chi connectivity index (χ1n) is 8.02. The van der Waals surface area contributed by atoms with Crippen LogP contribution in [0.3, 0.4) is 0 Å². The van der Waals surface area contributed by atoms with Gasteiger partial charge in [-0.15, -0.1) is 0 Å². The van der Waals surface area contributed by atoms with E-state index >= 15 is 0 Å². The molecule has 1 atom stereocenters. The van der Waals surface area contributed by atoms with E-state index in [1.807, 2.05) is 0 Å². The van der Waals surface area contributed by atoms with Gasteiger partial charge in [0, 0.05) is 18.2 Å². The number of hydrogen-bond acceptors (Lipinski definition) is 6. The highest BCUT2D eigenvalue weighted by Crippen LogP contribution is 2.27. The molecule has 0 aliphatic carbocycles. The Morgan fingerprint density at radius 2 is 2.20 bits per heavy atom. The van der Waals surface area contributed by atoms with Crippen molar-refractivity contribution in [2.75, 3.05) is 13.2 Å². The Bertz CT molecular complexity index is 651. The molecule has 2 heterocycles. The molecule has 0 N–H and O–H groups in total. The molecule has 1 aliphatic heterocycles. The molecule has 138 valence electrons. The van der Waals surface area contributed by atoms with Crippen LogP contribution < -0.4 is 4.74 Å². The van der Waals surface area contributed by atoms with Crippen LogP contribution in [0.4, 0.5) is 15.0 Å². The summed E-state index contributed by atoms with van der Waals surface area (Å²) in [5, 5.41) is 10.7. The third kappa shape index (κ3) is 4.77. The summed E-state index contributed by atoms with van der Waals surface area (Å²) < 4.78 is 24.8. The number of nitrogens with zero attached hydrogens (tertiary/aromatic N) is 3. The fraction of sp³-hybridized carbons (Fsp3) is 0.625. The van der Waals surface area contributed by atoms with Gasteiger partial charge in [-0.1, -0.05) is 0 Å². The van der Waals surface area contributed by atoms with Crippen molar-refractivity contribution in [3.8, 4) is 5.75 Å². The summed E-state index contributed by atoms with van der Waals surface area (Å²) in [5.41, 5.74) is -0.322. The van der Waals surface area contributed by atoms with E-state index in [-0.39, 0.29) is 24.0 Å². The molecule has 9 heteroatoms. The van der Waals surface area contributed by atoms with Crippen molar-refractivity contribution in [3.05, 3.63) is 27.7 Å². The molecule has 1 aromatic rings. The number of pyridine rings is 1. The molecule has 0 bridgehead atoms. The van der Waals surface area contributed by atoms with Crippen LogP contribution in [0.1, 0.15) is 39.2 Å². The van der Waals surface area contributed by atoms with E-state index in [1.165, 1.54) is 6.92 Å². The number of carbonyl (C=O) groups is 1. The van der Waals surface area contributed by atoms with Crippen LogP contribution in [-0.4, -0.2) is 45.7 Å². The largest absolute Gasteiger partial charge is 0.484 e. The van der Waals surface area contributed by atoms with Crippen molar-refractivity contribution in [1.29, 1.82) is 0 Å². The highest BCUT2D eigenvalue weighted by Gasteiger charge is 2.33. The molecular formula is C16H22FN3O5. The number of aryl methyl sites for hydroxylation is 1.